The van der Waals surface area contributed by atoms with Gasteiger partial charge in [-0.05, 0) is 5.41 Å². The first-order valence-corrected chi connectivity index (χ1v) is 10.4. The molecule has 3 rings (SSSR count). The Kier molecular flexibility index (Phi) is 6.04. The number of nitrogens with one attached hydrogen (secondary N) is 3. The smallest absolute Gasteiger partial charge is 0.322 e. The summed E-state index contributed by atoms with van der Waals surface area (Å²) >= 11 is 2.83. The molecule has 1 aliphatic rings. The molecular formula is C17H21N5O4S2. The Morgan fingerprint density at radius 1 is 1.32 bits per heavy atom. The van der Waals surface area contributed by atoms with Gasteiger partial charge in [0, 0.05) is 6.42 Å². The Balaban J connectivity index is 1.47. The zero-order chi connectivity index (χ0) is 20.3. The Morgan fingerprint density at radius 3 is 2.79 bits per heavy atom. The van der Waals surface area contributed by atoms with Crippen LogP contribution in [0.3, 0.4) is 0 Å². The van der Waals surface area contributed by atoms with Gasteiger partial charge in [0.15, 0.2) is 5.13 Å². The first-order valence-electron chi connectivity index (χ1n) is 8.61. The van der Waals surface area contributed by atoms with Crippen LogP contribution in [0.15, 0.2) is 21.0 Å². The van der Waals surface area contributed by atoms with E-state index in [4.69, 9.17) is 4.42 Å². The normalized spacial score (nSPS) is 16.8. The third kappa shape index (κ3) is 5.80. The Bertz CT molecular complexity index is 886. The summed E-state index contributed by atoms with van der Waals surface area (Å²) in [6.07, 6.45) is 4.10. The number of nitrogens with zero attached hydrogens (tertiary/aromatic N) is 2. The highest BCUT2D eigenvalue weighted by molar-refractivity contribution is 8.00. The Morgan fingerprint density at radius 2 is 2.11 bits per heavy atom. The number of amides is 4. The predicted molar refractivity (Wildman–Crippen MR) is 105 cm³/mol. The molecule has 0 aliphatic carbocycles. The highest BCUT2D eigenvalue weighted by atomic mass is 32.2. The monoisotopic (exact) mass is 423 g/mol. The van der Waals surface area contributed by atoms with Gasteiger partial charge in [0.1, 0.15) is 11.8 Å². The van der Waals surface area contributed by atoms with Crippen LogP contribution in [0.2, 0.25) is 0 Å². The van der Waals surface area contributed by atoms with Crippen LogP contribution in [0, 0.1) is 5.41 Å². The van der Waals surface area contributed by atoms with E-state index in [-0.39, 0.29) is 11.8 Å². The lowest BCUT2D eigenvalue weighted by atomic mass is 9.91. The van der Waals surface area contributed by atoms with Crippen molar-refractivity contribution in [3.05, 3.63) is 24.0 Å². The van der Waals surface area contributed by atoms with Gasteiger partial charge in [-0.25, -0.2) is 14.8 Å². The fourth-order valence-corrected chi connectivity index (χ4v) is 4.24. The van der Waals surface area contributed by atoms with Crippen molar-refractivity contribution in [2.24, 2.45) is 5.41 Å². The van der Waals surface area contributed by atoms with Crippen molar-refractivity contribution in [2.75, 3.05) is 5.32 Å². The molecule has 0 bridgehead atoms. The van der Waals surface area contributed by atoms with Crippen molar-refractivity contribution in [2.45, 2.75) is 49.6 Å². The first-order chi connectivity index (χ1) is 13.2. The van der Waals surface area contributed by atoms with Crippen LogP contribution in [0.5, 0.6) is 0 Å². The van der Waals surface area contributed by atoms with Crippen molar-refractivity contribution >= 4 is 46.1 Å². The molecule has 150 valence electrons. The van der Waals surface area contributed by atoms with Gasteiger partial charge in [0.25, 0.3) is 5.91 Å². The summed E-state index contributed by atoms with van der Waals surface area (Å²) in [5, 5.41) is 7.53. The minimum atomic E-state index is -0.853. The van der Waals surface area contributed by atoms with Crippen LogP contribution >= 0.6 is 23.1 Å². The number of oxazole rings is 1. The average Bonchev–Trinajstić information content (AvgIpc) is 3.26. The molecule has 3 heterocycles. The number of aromatic nitrogens is 2. The molecule has 1 saturated heterocycles. The molecule has 4 amide bonds. The number of hydrogen-bond donors (Lipinski definition) is 3. The van der Waals surface area contributed by atoms with E-state index in [2.05, 4.69) is 46.7 Å². The van der Waals surface area contributed by atoms with E-state index in [9.17, 15) is 14.4 Å². The van der Waals surface area contributed by atoms with Gasteiger partial charge in [-0.15, -0.1) is 11.8 Å². The SMILES string of the molecule is CC(C)(C)Cc1cnc(CSc2cnc(NC(=O)CC3NC(=O)NC3=O)s2)o1. The molecule has 3 N–H and O–H groups in total. The molecule has 1 fully saturated rings. The van der Waals surface area contributed by atoms with Gasteiger partial charge in [-0.3, -0.25) is 14.9 Å². The van der Waals surface area contributed by atoms with E-state index in [0.29, 0.717) is 16.8 Å². The van der Waals surface area contributed by atoms with Crippen LogP contribution in [0.4, 0.5) is 9.93 Å². The summed E-state index contributed by atoms with van der Waals surface area (Å²) in [4.78, 5) is 43.0. The first kappa shape index (κ1) is 20.3. The largest absolute Gasteiger partial charge is 0.445 e. The molecular weight excluding hydrogens is 402 g/mol. The summed E-state index contributed by atoms with van der Waals surface area (Å²) in [5.41, 5.74) is 0.136. The lowest BCUT2D eigenvalue weighted by Gasteiger charge is -2.15. The summed E-state index contributed by atoms with van der Waals surface area (Å²) in [6, 6.07) is -1.44. The van der Waals surface area contributed by atoms with Crippen molar-refractivity contribution in [3.63, 3.8) is 0 Å². The van der Waals surface area contributed by atoms with Crippen molar-refractivity contribution in [1.29, 1.82) is 0 Å². The maximum absolute atomic E-state index is 12.0. The molecule has 1 unspecified atom stereocenters. The van der Waals surface area contributed by atoms with Crippen LogP contribution in [0.1, 0.15) is 38.8 Å². The molecule has 11 heteroatoms. The number of imide groups is 1. The predicted octanol–water partition coefficient (Wildman–Crippen LogP) is 2.55. The van der Waals surface area contributed by atoms with Gasteiger partial charge in [0.05, 0.1) is 28.8 Å². The van der Waals surface area contributed by atoms with Crippen LogP contribution in [-0.2, 0) is 21.8 Å². The quantitative estimate of drug-likeness (QED) is 0.461. The number of hydrogen-bond acceptors (Lipinski definition) is 8. The molecule has 2 aromatic heterocycles. The van der Waals surface area contributed by atoms with Gasteiger partial charge < -0.3 is 15.1 Å². The van der Waals surface area contributed by atoms with E-state index >= 15 is 0 Å². The van der Waals surface area contributed by atoms with Gasteiger partial charge in [-0.2, -0.15) is 0 Å². The lowest BCUT2D eigenvalue weighted by Crippen LogP contribution is -2.33. The highest BCUT2D eigenvalue weighted by Gasteiger charge is 2.31. The minimum absolute atomic E-state index is 0.136. The second-order valence-corrected chi connectivity index (χ2v) is 9.80. The van der Waals surface area contributed by atoms with Gasteiger partial charge in [-0.1, -0.05) is 32.1 Å². The number of carbonyl (C=O) groups is 3. The maximum Gasteiger partial charge on any atom is 0.322 e. The van der Waals surface area contributed by atoms with Crippen LogP contribution < -0.4 is 16.0 Å². The molecule has 0 saturated carbocycles. The molecule has 1 aliphatic heterocycles. The van der Waals surface area contributed by atoms with E-state index < -0.39 is 23.9 Å². The molecule has 0 aromatic carbocycles. The summed E-state index contributed by atoms with van der Waals surface area (Å²) < 4.78 is 6.66. The van der Waals surface area contributed by atoms with Crippen molar-refractivity contribution in [3.8, 4) is 0 Å². The number of thioether (sulfide) groups is 1. The maximum atomic E-state index is 12.0. The van der Waals surface area contributed by atoms with E-state index in [1.165, 1.54) is 23.1 Å². The fraction of sp³-hybridized carbons (Fsp3) is 0.471. The Hall–Kier alpha value is -2.40. The van der Waals surface area contributed by atoms with Crippen LogP contribution in [0.25, 0.3) is 0 Å². The third-order valence-corrected chi connectivity index (χ3v) is 5.71. The molecule has 1 atom stereocenters. The molecule has 0 spiro atoms. The average molecular weight is 424 g/mol. The third-order valence-electron chi connectivity index (χ3n) is 3.62. The van der Waals surface area contributed by atoms with Gasteiger partial charge in [0.2, 0.25) is 11.8 Å². The summed E-state index contributed by atoms with van der Waals surface area (Å²) in [7, 11) is 0. The highest BCUT2D eigenvalue weighted by Crippen LogP contribution is 2.31. The number of carbonyl (C=O) groups excluding carboxylic acids is 3. The minimum Gasteiger partial charge on any atom is -0.445 e. The zero-order valence-corrected chi connectivity index (χ0v) is 17.3. The second kappa shape index (κ2) is 8.31. The zero-order valence-electron chi connectivity index (χ0n) is 15.7. The molecule has 28 heavy (non-hydrogen) atoms. The molecule has 0 radical (unpaired) electrons. The number of thiazole rings is 1. The van der Waals surface area contributed by atoms with E-state index in [1.807, 2.05) is 0 Å². The number of rotatable bonds is 7. The number of anilines is 1. The lowest BCUT2D eigenvalue weighted by molar-refractivity contribution is -0.124. The van der Waals surface area contributed by atoms with E-state index in [1.54, 1.807) is 12.4 Å². The van der Waals surface area contributed by atoms with Crippen LogP contribution in [-0.4, -0.2) is 33.9 Å². The van der Waals surface area contributed by atoms with Crippen molar-refractivity contribution in [1.82, 2.24) is 20.6 Å². The second-order valence-electron chi connectivity index (χ2n) is 7.50. The van der Waals surface area contributed by atoms with Gasteiger partial charge >= 0.3 is 6.03 Å². The molecule has 2 aromatic rings. The fourth-order valence-electron chi connectivity index (χ4n) is 2.49. The Labute approximate surface area is 170 Å². The standard InChI is InChI=1S/C17H21N5O4S2/c1-17(2,3)5-9-6-18-12(26-9)8-27-13-7-19-16(28-13)21-11(23)4-10-14(24)22-15(25)20-10/h6-7,10H,4-5,8H2,1-3H3,(H,19,21,23)(H2,20,22,24,25). The number of urea groups is 1. The molecule has 9 nitrogen and oxygen atoms in total. The summed E-state index contributed by atoms with van der Waals surface area (Å²) in [6.45, 7) is 6.43. The topological polar surface area (TPSA) is 126 Å². The summed E-state index contributed by atoms with van der Waals surface area (Å²) in [5.74, 6) is 1.17. The van der Waals surface area contributed by atoms with Crippen molar-refractivity contribution < 1.29 is 18.8 Å². The van der Waals surface area contributed by atoms with E-state index in [0.717, 1.165) is 16.4 Å².